The normalized spacial score (nSPS) is 10.6. The standard InChI is InChI=1S/C22H27FN2O4/c1-5-25(14-21(26)24-13-16-6-9-18(23)10-7-16)22(27)17-8-11-19(29-15(2)3)20(12-17)28-4/h6-12,15H,5,13-14H2,1-4H3,(H,24,26). The van der Waals surface area contributed by atoms with Crippen LogP contribution in [0.15, 0.2) is 42.5 Å². The van der Waals surface area contributed by atoms with Gasteiger partial charge in [-0.05, 0) is 56.7 Å². The second kappa shape index (κ2) is 10.5. The quantitative estimate of drug-likeness (QED) is 0.698. The highest BCUT2D eigenvalue weighted by atomic mass is 19.1. The molecule has 0 fully saturated rings. The third kappa shape index (κ3) is 6.48. The molecule has 0 saturated heterocycles. The number of methoxy groups -OCH3 is 1. The molecule has 2 amide bonds. The average Bonchev–Trinajstić information content (AvgIpc) is 2.71. The van der Waals surface area contributed by atoms with Crippen molar-refractivity contribution in [2.45, 2.75) is 33.4 Å². The first-order valence-electron chi connectivity index (χ1n) is 9.49. The van der Waals surface area contributed by atoms with Gasteiger partial charge in [-0.25, -0.2) is 4.39 Å². The molecule has 0 spiro atoms. The van der Waals surface area contributed by atoms with E-state index in [0.717, 1.165) is 5.56 Å². The van der Waals surface area contributed by atoms with Gasteiger partial charge in [-0.2, -0.15) is 0 Å². The van der Waals surface area contributed by atoms with Crippen molar-refractivity contribution >= 4 is 11.8 Å². The van der Waals surface area contributed by atoms with Crippen molar-refractivity contribution in [3.8, 4) is 11.5 Å². The van der Waals surface area contributed by atoms with E-state index in [9.17, 15) is 14.0 Å². The smallest absolute Gasteiger partial charge is 0.254 e. The lowest BCUT2D eigenvalue weighted by molar-refractivity contribution is -0.121. The number of nitrogens with one attached hydrogen (secondary N) is 1. The minimum Gasteiger partial charge on any atom is -0.493 e. The molecule has 29 heavy (non-hydrogen) atoms. The van der Waals surface area contributed by atoms with Gasteiger partial charge in [0.05, 0.1) is 19.8 Å². The van der Waals surface area contributed by atoms with Crippen LogP contribution < -0.4 is 14.8 Å². The fourth-order valence-corrected chi connectivity index (χ4v) is 2.69. The maximum Gasteiger partial charge on any atom is 0.254 e. The number of hydrogen-bond donors (Lipinski definition) is 1. The molecule has 156 valence electrons. The fraction of sp³-hybridized carbons (Fsp3) is 0.364. The fourth-order valence-electron chi connectivity index (χ4n) is 2.69. The molecule has 0 unspecified atom stereocenters. The van der Waals surface area contributed by atoms with E-state index < -0.39 is 0 Å². The van der Waals surface area contributed by atoms with Crippen LogP contribution in [0.4, 0.5) is 4.39 Å². The van der Waals surface area contributed by atoms with E-state index in [2.05, 4.69) is 5.32 Å². The zero-order valence-electron chi connectivity index (χ0n) is 17.2. The Morgan fingerprint density at radius 1 is 1.10 bits per heavy atom. The first-order valence-corrected chi connectivity index (χ1v) is 9.49. The Balaban J connectivity index is 2.01. The number of halogens is 1. The van der Waals surface area contributed by atoms with Gasteiger partial charge in [0.15, 0.2) is 11.5 Å². The molecular weight excluding hydrogens is 375 g/mol. The summed E-state index contributed by atoms with van der Waals surface area (Å²) in [5, 5.41) is 2.74. The first-order chi connectivity index (χ1) is 13.8. The largest absolute Gasteiger partial charge is 0.493 e. The highest BCUT2D eigenvalue weighted by molar-refractivity contribution is 5.97. The van der Waals surface area contributed by atoms with Crippen LogP contribution in [-0.4, -0.2) is 43.0 Å². The topological polar surface area (TPSA) is 67.9 Å². The van der Waals surface area contributed by atoms with Crippen LogP contribution in [0.3, 0.4) is 0 Å². The minimum absolute atomic E-state index is 0.0256. The van der Waals surface area contributed by atoms with Crippen LogP contribution in [0.2, 0.25) is 0 Å². The Hall–Kier alpha value is -3.09. The van der Waals surface area contributed by atoms with Gasteiger partial charge in [-0.15, -0.1) is 0 Å². The molecule has 2 aromatic carbocycles. The summed E-state index contributed by atoms with van der Waals surface area (Å²) in [6, 6.07) is 10.8. The van der Waals surface area contributed by atoms with E-state index >= 15 is 0 Å². The van der Waals surface area contributed by atoms with Crippen LogP contribution in [0.5, 0.6) is 11.5 Å². The number of amides is 2. The summed E-state index contributed by atoms with van der Waals surface area (Å²) >= 11 is 0. The summed E-state index contributed by atoms with van der Waals surface area (Å²) in [7, 11) is 1.51. The van der Waals surface area contributed by atoms with Gasteiger partial charge in [0.2, 0.25) is 5.91 Å². The van der Waals surface area contributed by atoms with Crippen LogP contribution in [0.25, 0.3) is 0 Å². The van der Waals surface area contributed by atoms with E-state index in [4.69, 9.17) is 9.47 Å². The van der Waals surface area contributed by atoms with Crippen LogP contribution in [0, 0.1) is 5.82 Å². The van der Waals surface area contributed by atoms with Gasteiger partial charge in [0.1, 0.15) is 5.82 Å². The average molecular weight is 402 g/mol. The van der Waals surface area contributed by atoms with E-state index in [1.165, 1.54) is 24.1 Å². The van der Waals surface area contributed by atoms with Gasteiger partial charge < -0.3 is 19.7 Å². The maximum absolute atomic E-state index is 12.9. The van der Waals surface area contributed by atoms with Crippen molar-refractivity contribution in [3.05, 3.63) is 59.4 Å². The molecule has 0 bridgehead atoms. The van der Waals surface area contributed by atoms with Gasteiger partial charge in [0.25, 0.3) is 5.91 Å². The monoisotopic (exact) mass is 402 g/mol. The molecule has 0 aliphatic carbocycles. The van der Waals surface area contributed by atoms with Gasteiger partial charge in [-0.3, -0.25) is 9.59 Å². The van der Waals surface area contributed by atoms with Crippen molar-refractivity contribution in [1.29, 1.82) is 0 Å². The second-order valence-corrected chi connectivity index (χ2v) is 6.75. The number of carbonyl (C=O) groups is 2. The van der Waals surface area contributed by atoms with Gasteiger partial charge >= 0.3 is 0 Å². The summed E-state index contributed by atoms with van der Waals surface area (Å²) in [5.74, 6) is 0.110. The number of likely N-dealkylation sites (N-methyl/N-ethyl adjacent to an activating group) is 1. The summed E-state index contributed by atoms with van der Waals surface area (Å²) in [6.45, 7) is 6.17. The van der Waals surface area contributed by atoms with Gasteiger partial charge in [-0.1, -0.05) is 12.1 Å². The van der Waals surface area contributed by atoms with E-state index in [-0.39, 0.29) is 36.8 Å². The predicted molar refractivity (Wildman–Crippen MR) is 109 cm³/mol. The molecule has 2 rings (SSSR count). The van der Waals surface area contributed by atoms with Crippen molar-refractivity contribution in [3.63, 3.8) is 0 Å². The summed E-state index contributed by atoms with van der Waals surface area (Å²) in [5.41, 5.74) is 1.19. The minimum atomic E-state index is -0.330. The molecule has 1 N–H and O–H groups in total. The van der Waals surface area contributed by atoms with Crippen molar-refractivity contribution in [2.24, 2.45) is 0 Å². The number of hydrogen-bond acceptors (Lipinski definition) is 4. The van der Waals surface area contributed by atoms with Crippen LogP contribution in [-0.2, 0) is 11.3 Å². The molecule has 2 aromatic rings. The third-order valence-electron chi connectivity index (χ3n) is 4.18. The molecule has 0 radical (unpaired) electrons. The molecule has 0 aliphatic heterocycles. The van der Waals surface area contributed by atoms with E-state index in [1.807, 2.05) is 13.8 Å². The second-order valence-electron chi connectivity index (χ2n) is 6.75. The van der Waals surface area contributed by atoms with Crippen LogP contribution >= 0.6 is 0 Å². The SMILES string of the molecule is CCN(CC(=O)NCc1ccc(F)cc1)C(=O)c1ccc(OC(C)C)c(OC)c1. The van der Waals surface area contributed by atoms with Crippen LogP contribution in [0.1, 0.15) is 36.7 Å². The highest BCUT2D eigenvalue weighted by Gasteiger charge is 2.19. The number of benzene rings is 2. The summed E-state index contributed by atoms with van der Waals surface area (Å²) in [6.07, 6.45) is -0.0256. The predicted octanol–water partition coefficient (Wildman–Crippen LogP) is 3.40. The molecule has 0 atom stereocenters. The number of nitrogens with zero attached hydrogens (tertiary/aromatic N) is 1. The number of carbonyl (C=O) groups excluding carboxylic acids is 2. The van der Waals surface area contributed by atoms with E-state index in [1.54, 1.807) is 37.3 Å². The summed E-state index contributed by atoms with van der Waals surface area (Å²) < 4.78 is 23.9. The molecular formula is C22H27FN2O4. The Morgan fingerprint density at radius 2 is 1.79 bits per heavy atom. The molecule has 0 aromatic heterocycles. The lowest BCUT2D eigenvalue weighted by Crippen LogP contribution is -2.40. The van der Waals surface area contributed by atoms with E-state index in [0.29, 0.717) is 23.6 Å². The lowest BCUT2D eigenvalue weighted by atomic mass is 10.1. The molecule has 0 heterocycles. The van der Waals surface area contributed by atoms with Crippen molar-refractivity contribution in [2.75, 3.05) is 20.2 Å². The summed E-state index contributed by atoms with van der Waals surface area (Å²) in [4.78, 5) is 26.5. The van der Waals surface area contributed by atoms with Gasteiger partial charge in [0, 0.05) is 18.7 Å². The molecule has 0 aliphatic rings. The zero-order chi connectivity index (χ0) is 21.4. The molecule has 6 nitrogen and oxygen atoms in total. The molecule has 0 saturated carbocycles. The Labute approximate surface area is 170 Å². The number of rotatable bonds is 9. The highest BCUT2D eigenvalue weighted by Crippen LogP contribution is 2.29. The first kappa shape index (κ1) is 22.2. The zero-order valence-corrected chi connectivity index (χ0v) is 17.2. The Morgan fingerprint density at radius 3 is 2.38 bits per heavy atom. The lowest BCUT2D eigenvalue weighted by Gasteiger charge is -2.21. The third-order valence-corrected chi connectivity index (χ3v) is 4.18. The van der Waals surface area contributed by atoms with Crippen molar-refractivity contribution < 1.29 is 23.5 Å². The maximum atomic E-state index is 12.9. The molecule has 7 heteroatoms. The van der Waals surface area contributed by atoms with Crippen molar-refractivity contribution in [1.82, 2.24) is 10.2 Å². The Kier molecular flexibility index (Phi) is 8.00. The number of ether oxygens (including phenoxy) is 2. The Bertz CT molecular complexity index is 837.